The summed E-state index contributed by atoms with van der Waals surface area (Å²) in [6.45, 7) is 1.34. The fourth-order valence-corrected chi connectivity index (χ4v) is 4.66. The van der Waals surface area contributed by atoms with Gasteiger partial charge in [0, 0.05) is 44.2 Å². The zero-order chi connectivity index (χ0) is 22.2. The normalized spacial score (nSPS) is 15.9. The molecule has 0 saturated carbocycles. The van der Waals surface area contributed by atoms with Crippen molar-refractivity contribution >= 4 is 29.2 Å². The van der Waals surface area contributed by atoms with Crippen molar-refractivity contribution in [2.45, 2.75) is 25.3 Å². The van der Waals surface area contributed by atoms with E-state index < -0.39 is 0 Å². The molecule has 1 atom stereocenters. The first-order valence-corrected chi connectivity index (χ1v) is 11.4. The lowest BCUT2D eigenvalue weighted by molar-refractivity contribution is -0.138. The number of methoxy groups -OCH3 is 1. The summed E-state index contributed by atoms with van der Waals surface area (Å²) in [5, 5.41) is 1.98. The molecule has 2 amide bonds. The number of carbonyl (C=O) groups excluding carboxylic acids is 2. The van der Waals surface area contributed by atoms with Gasteiger partial charge < -0.3 is 14.5 Å². The van der Waals surface area contributed by atoms with Crippen molar-refractivity contribution in [1.29, 1.82) is 0 Å². The number of ether oxygens (including phenoxy) is 1. The van der Waals surface area contributed by atoms with Crippen molar-refractivity contribution in [1.82, 2.24) is 9.80 Å². The van der Waals surface area contributed by atoms with Gasteiger partial charge in [-0.15, -0.1) is 11.3 Å². The van der Waals surface area contributed by atoms with Gasteiger partial charge in [-0.05, 0) is 60.4 Å². The molecule has 1 unspecified atom stereocenters. The second kappa shape index (κ2) is 11.2. The van der Waals surface area contributed by atoms with Crippen molar-refractivity contribution in [3.05, 3.63) is 64.1 Å². The van der Waals surface area contributed by atoms with Gasteiger partial charge in [-0.25, -0.2) is 4.39 Å². The smallest absolute Gasteiger partial charge is 0.248 e. The van der Waals surface area contributed by atoms with Crippen LogP contribution in [0.2, 0.25) is 0 Å². The van der Waals surface area contributed by atoms with E-state index in [2.05, 4.69) is 0 Å². The maximum absolute atomic E-state index is 13.3. The molecule has 0 aliphatic carbocycles. The Morgan fingerprint density at radius 2 is 1.97 bits per heavy atom. The summed E-state index contributed by atoms with van der Waals surface area (Å²) >= 11 is 1.60. The molecule has 0 N–H and O–H groups in total. The molecule has 1 fully saturated rings. The Bertz CT molecular complexity index is 875. The number of hydrogen-bond acceptors (Lipinski definition) is 4. The molecular weight excluding hydrogens is 415 g/mol. The molecule has 1 aliphatic rings. The molecule has 7 heteroatoms. The first-order chi connectivity index (χ1) is 15.0. The van der Waals surface area contributed by atoms with E-state index in [1.54, 1.807) is 41.5 Å². The molecule has 31 heavy (non-hydrogen) atoms. The van der Waals surface area contributed by atoms with E-state index in [-0.39, 0.29) is 36.2 Å². The summed E-state index contributed by atoms with van der Waals surface area (Å²) in [5.74, 6) is -0.0783. The van der Waals surface area contributed by atoms with Gasteiger partial charge in [-0.2, -0.15) is 0 Å². The second-order valence-corrected chi connectivity index (χ2v) is 8.83. The van der Waals surface area contributed by atoms with Gasteiger partial charge in [0.2, 0.25) is 11.8 Å². The molecule has 5 nitrogen and oxygen atoms in total. The maximum Gasteiger partial charge on any atom is 0.248 e. The molecule has 1 aromatic heterocycles. The average Bonchev–Trinajstić information content (AvgIpc) is 3.31. The Labute approximate surface area is 187 Å². The van der Waals surface area contributed by atoms with Gasteiger partial charge in [0.15, 0.2) is 0 Å². The van der Waals surface area contributed by atoms with Crippen molar-refractivity contribution < 1.29 is 18.7 Å². The molecule has 2 heterocycles. The summed E-state index contributed by atoms with van der Waals surface area (Å²) < 4.78 is 18.3. The minimum Gasteiger partial charge on any atom is -0.375 e. The molecule has 1 aliphatic heterocycles. The zero-order valence-corrected chi connectivity index (χ0v) is 18.8. The molecule has 0 bridgehead atoms. The molecule has 2 aromatic rings. The lowest BCUT2D eigenvalue weighted by atomic mass is 9.85. The third-order valence-corrected chi connectivity index (χ3v) is 6.68. The Balaban J connectivity index is 1.64. The van der Waals surface area contributed by atoms with Gasteiger partial charge in [-0.1, -0.05) is 18.2 Å². The summed E-state index contributed by atoms with van der Waals surface area (Å²) in [5.41, 5.74) is 0.987. The predicted octanol–water partition coefficient (Wildman–Crippen LogP) is 3.86. The third kappa shape index (κ3) is 6.48. The molecule has 1 aromatic carbocycles. The number of piperidine rings is 1. The van der Waals surface area contributed by atoms with E-state index in [0.717, 1.165) is 23.3 Å². The van der Waals surface area contributed by atoms with E-state index in [1.807, 2.05) is 28.5 Å². The highest BCUT2D eigenvalue weighted by molar-refractivity contribution is 7.10. The van der Waals surface area contributed by atoms with Crippen molar-refractivity contribution in [2.75, 3.05) is 33.9 Å². The summed E-state index contributed by atoms with van der Waals surface area (Å²) in [6, 6.07) is 10.3. The Morgan fingerprint density at radius 1 is 1.26 bits per heavy atom. The van der Waals surface area contributed by atoms with Gasteiger partial charge >= 0.3 is 0 Å². The number of likely N-dealkylation sites (N-methyl/N-ethyl adjacent to an activating group) is 1. The molecule has 3 rings (SSSR count). The highest BCUT2D eigenvalue weighted by atomic mass is 32.1. The first-order valence-electron chi connectivity index (χ1n) is 10.5. The van der Waals surface area contributed by atoms with Gasteiger partial charge in [0.1, 0.15) is 12.4 Å². The van der Waals surface area contributed by atoms with E-state index in [1.165, 1.54) is 19.2 Å². The van der Waals surface area contributed by atoms with Crippen molar-refractivity contribution in [2.24, 2.45) is 5.92 Å². The van der Waals surface area contributed by atoms with Crippen LogP contribution in [0.25, 0.3) is 6.08 Å². The highest BCUT2D eigenvalue weighted by Gasteiger charge is 2.32. The fraction of sp³-hybridized carbons (Fsp3) is 0.417. The van der Waals surface area contributed by atoms with Crippen LogP contribution in [0.3, 0.4) is 0 Å². The summed E-state index contributed by atoms with van der Waals surface area (Å²) in [4.78, 5) is 29.7. The summed E-state index contributed by atoms with van der Waals surface area (Å²) in [6.07, 6.45) is 5.76. The van der Waals surface area contributed by atoms with Crippen molar-refractivity contribution in [3.63, 3.8) is 0 Å². The van der Waals surface area contributed by atoms with E-state index in [0.29, 0.717) is 19.5 Å². The molecule has 166 valence electrons. The quantitative estimate of drug-likeness (QED) is 0.581. The van der Waals surface area contributed by atoms with Gasteiger partial charge in [-0.3, -0.25) is 9.59 Å². The Kier molecular flexibility index (Phi) is 8.37. The van der Waals surface area contributed by atoms with E-state index >= 15 is 0 Å². The van der Waals surface area contributed by atoms with Gasteiger partial charge in [0.05, 0.1) is 0 Å². The number of halogens is 1. The number of thiophene rings is 1. The molecule has 1 saturated heterocycles. The SMILES string of the molecule is COCC(=O)N(C)C(Cc1ccc(F)cc1)C1CCN(C(=O)/C=C/c2cccs2)CC1. The predicted molar refractivity (Wildman–Crippen MR) is 121 cm³/mol. The van der Waals surface area contributed by atoms with Crippen LogP contribution in [0, 0.1) is 11.7 Å². The minimum absolute atomic E-state index is 0.0192. The van der Waals surface area contributed by atoms with Crippen LogP contribution in [0.15, 0.2) is 47.9 Å². The number of benzene rings is 1. The zero-order valence-electron chi connectivity index (χ0n) is 18.0. The average molecular weight is 445 g/mol. The van der Waals surface area contributed by atoms with Crippen LogP contribution in [0.5, 0.6) is 0 Å². The summed E-state index contributed by atoms with van der Waals surface area (Å²) in [7, 11) is 3.31. The maximum atomic E-state index is 13.3. The minimum atomic E-state index is -0.272. The van der Waals surface area contributed by atoms with E-state index in [9.17, 15) is 14.0 Å². The molecule has 0 spiro atoms. The molecular formula is C24H29FN2O3S. The first kappa shape index (κ1) is 23.2. The number of likely N-dealkylation sites (tertiary alicyclic amines) is 1. The largest absolute Gasteiger partial charge is 0.375 e. The lowest BCUT2D eigenvalue weighted by Gasteiger charge is -2.40. The number of nitrogens with zero attached hydrogens (tertiary/aromatic N) is 2. The van der Waals surface area contributed by atoms with Crippen LogP contribution in [0.1, 0.15) is 23.3 Å². The Hall–Kier alpha value is -2.51. The van der Waals surface area contributed by atoms with Crippen LogP contribution < -0.4 is 0 Å². The van der Waals surface area contributed by atoms with Gasteiger partial charge in [0.25, 0.3) is 0 Å². The number of hydrogen-bond donors (Lipinski definition) is 0. The Morgan fingerprint density at radius 3 is 2.58 bits per heavy atom. The highest BCUT2D eigenvalue weighted by Crippen LogP contribution is 2.27. The molecule has 0 radical (unpaired) electrons. The topological polar surface area (TPSA) is 49.9 Å². The van der Waals surface area contributed by atoms with E-state index in [4.69, 9.17) is 4.74 Å². The van der Waals surface area contributed by atoms with Crippen LogP contribution >= 0.6 is 11.3 Å². The third-order valence-electron chi connectivity index (χ3n) is 5.85. The second-order valence-electron chi connectivity index (χ2n) is 7.85. The van der Waals surface area contributed by atoms with Crippen molar-refractivity contribution in [3.8, 4) is 0 Å². The number of amides is 2. The number of carbonyl (C=O) groups is 2. The monoisotopic (exact) mass is 444 g/mol. The number of rotatable bonds is 8. The van der Waals surface area contributed by atoms with Crippen LogP contribution in [-0.4, -0.2) is 61.5 Å². The van der Waals surface area contributed by atoms with Crippen LogP contribution in [0.4, 0.5) is 4.39 Å². The van der Waals surface area contributed by atoms with Crippen LogP contribution in [-0.2, 0) is 20.7 Å². The fourth-order valence-electron chi connectivity index (χ4n) is 4.04. The standard InChI is InChI=1S/C24H29FN2O3S/c1-26(24(29)17-30-2)22(16-18-5-7-20(25)8-6-18)19-11-13-27(14-12-19)23(28)10-9-21-4-3-15-31-21/h3-10,15,19,22H,11-14,16-17H2,1-2H3/b10-9+. The lowest BCUT2D eigenvalue weighted by Crippen LogP contribution is -2.49.